The predicted molar refractivity (Wildman–Crippen MR) is 255 cm³/mol. The lowest BCUT2D eigenvalue weighted by atomic mass is 9.72. The first-order valence-electron chi connectivity index (χ1n) is 22.8. The van der Waals surface area contributed by atoms with E-state index in [1.807, 2.05) is 18.2 Å². The van der Waals surface area contributed by atoms with Crippen molar-refractivity contribution in [3.63, 3.8) is 0 Å². The maximum atomic E-state index is 13.8. The summed E-state index contributed by atoms with van der Waals surface area (Å²) >= 11 is 6.24. The average molecular weight is 957 g/mol. The molecule has 18 heteroatoms. The largest absolute Gasteiger partial charge is 0.493 e. The Morgan fingerprint density at radius 2 is 1.81 bits per heavy atom. The molecule has 2 amide bonds. The number of amides is 2. The number of nitro groups is 1. The summed E-state index contributed by atoms with van der Waals surface area (Å²) in [5, 5.41) is 13.9. The second kappa shape index (κ2) is 20.1. The zero-order chi connectivity index (χ0) is 47.5. The molecule has 356 valence electrons. The number of carbonyl (C=O) groups excluding carboxylic acids is 2. The molecule has 1 atom stereocenters. The Kier molecular flexibility index (Phi) is 14.3. The molecule has 4 aliphatic rings. The van der Waals surface area contributed by atoms with Gasteiger partial charge in [0.05, 0.1) is 41.7 Å². The Bertz CT molecular complexity index is 2700. The number of ether oxygens (including phenoxy) is 3. The van der Waals surface area contributed by atoms with E-state index in [-0.39, 0.29) is 35.5 Å². The molecule has 0 spiro atoms. The molecule has 2 aromatic heterocycles. The first-order valence-corrected chi connectivity index (χ1v) is 24.7. The summed E-state index contributed by atoms with van der Waals surface area (Å²) in [5.74, 6) is -0.115. The third-order valence-electron chi connectivity index (χ3n) is 13.5. The number of nitrogens with zero attached hydrogens (tertiary/aromatic N) is 5. The van der Waals surface area contributed by atoms with Crippen LogP contribution in [0.3, 0.4) is 0 Å². The highest BCUT2D eigenvalue weighted by Gasteiger charge is 2.34. The summed E-state index contributed by atoms with van der Waals surface area (Å²) in [6.07, 6.45) is 9.80. The Morgan fingerprint density at radius 3 is 2.52 bits per heavy atom. The quantitative estimate of drug-likeness (QED) is 0.0532. The number of aromatic nitrogens is 2. The number of piperazine rings is 1. The van der Waals surface area contributed by atoms with Crippen LogP contribution in [0.5, 0.6) is 11.5 Å². The number of nitro benzene ring substituents is 1. The first-order chi connectivity index (χ1) is 32.0. The summed E-state index contributed by atoms with van der Waals surface area (Å²) in [7, 11) is -3.26. The predicted octanol–water partition coefficient (Wildman–Crippen LogP) is 8.50. The van der Waals surface area contributed by atoms with E-state index < -0.39 is 37.9 Å². The molecule has 5 heterocycles. The Hall–Kier alpha value is -5.91. The van der Waals surface area contributed by atoms with Gasteiger partial charge in [0.15, 0.2) is 0 Å². The minimum Gasteiger partial charge on any atom is -0.493 e. The van der Waals surface area contributed by atoms with Crippen LogP contribution in [0.1, 0.15) is 69.9 Å². The van der Waals surface area contributed by atoms with E-state index in [4.69, 9.17) is 25.8 Å². The summed E-state index contributed by atoms with van der Waals surface area (Å²) in [6, 6.07) is 13.9. The molecule has 67 heavy (non-hydrogen) atoms. The number of halogens is 1. The van der Waals surface area contributed by atoms with E-state index in [2.05, 4.69) is 57.0 Å². The maximum absolute atomic E-state index is 13.8. The molecule has 0 radical (unpaired) electrons. The summed E-state index contributed by atoms with van der Waals surface area (Å²) in [6.45, 7) is 14.1. The maximum Gasteiger partial charge on any atom is 0.409 e. The van der Waals surface area contributed by atoms with Gasteiger partial charge in [-0.05, 0) is 104 Å². The van der Waals surface area contributed by atoms with Crippen LogP contribution in [-0.2, 0) is 26.0 Å². The van der Waals surface area contributed by atoms with E-state index in [0.717, 1.165) is 74.6 Å². The van der Waals surface area contributed by atoms with E-state index in [9.17, 15) is 28.1 Å². The van der Waals surface area contributed by atoms with Gasteiger partial charge in [0, 0.05) is 80.2 Å². The van der Waals surface area contributed by atoms with Gasteiger partial charge >= 0.3 is 6.09 Å². The second-order valence-electron chi connectivity index (χ2n) is 18.9. The van der Waals surface area contributed by atoms with Crippen LogP contribution in [0.2, 0.25) is 5.02 Å². The zero-order valence-electron chi connectivity index (χ0n) is 38.2. The number of piperidine rings is 1. The number of nitrogens with one attached hydrogen (secondary N) is 2. The van der Waals surface area contributed by atoms with Gasteiger partial charge < -0.3 is 29.0 Å². The molecular weight excluding hydrogens is 898 g/mol. The van der Waals surface area contributed by atoms with Crippen molar-refractivity contribution in [2.75, 3.05) is 59.5 Å². The lowest BCUT2D eigenvalue weighted by Crippen LogP contribution is -2.46. The molecule has 2 saturated heterocycles. The highest BCUT2D eigenvalue weighted by Crippen LogP contribution is 2.44. The SMILES string of the molecule is C=C(/C=C(\CC(=O)NS(=O)(=O)c1cc2c(c([N+](=O)[O-])c1)C[C@@H](CC1CCN(C(=O)OC)CC1)CO2)Oc1cnc2[nH]ccc2c1)N1CCN(CC2=C(c3ccc(Cl)cc3)CC(C)(C)CC2)CC1. The third kappa shape index (κ3) is 11.6. The number of sulfonamides is 1. The molecule has 8 rings (SSSR count). The minimum absolute atomic E-state index is 0.0407. The summed E-state index contributed by atoms with van der Waals surface area (Å²) in [5.41, 5.74) is 5.42. The highest BCUT2D eigenvalue weighted by molar-refractivity contribution is 7.90. The van der Waals surface area contributed by atoms with E-state index in [1.165, 1.54) is 36.1 Å². The number of rotatable bonds is 14. The molecule has 4 aromatic rings. The molecular formula is C49H58ClN7O9S. The van der Waals surface area contributed by atoms with Gasteiger partial charge in [0.2, 0.25) is 5.91 Å². The first kappa shape index (κ1) is 47.6. The average Bonchev–Trinajstić information content (AvgIpc) is 3.77. The third-order valence-corrected chi connectivity index (χ3v) is 15.1. The normalized spacial score (nSPS) is 19.4. The number of likely N-dealkylation sites (tertiary alicyclic amines) is 1. The summed E-state index contributed by atoms with van der Waals surface area (Å²) < 4.78 is 46.8. The van der Waals surface area contributed by atoms with Gasteiger partial charge in [-0.25, -0.2) is 22.9 Å². The number of allylic oxidation sites excluding steroid dienone is 2. The monoisotopic (exact) mass is 955 g/mol. The van der Waals surface area contributed by atoms with E-state index in [1.54, 1.807) is 23.2 Å². The van der Waals surface area contributed by atoms with Crippen LogP contribution in [-0.4, -0.2) is 110 Å². The van der Waals surface area contributed by atoms with Crippen LogP contribution in [0.25, 0.3) is 16.6 Å². The van der Waals surface area contributed by atoms with Crippen LogP contribution in [0.4, 0.5) is 10.5 Å². The molecule has 2 fully saturated rings. The van der Waals surface area contributed by atoms with Crippen molar-refractivity contribution in [2.45, 2.75) is 70.1 Å². The standard InChI is InChI=1S/C49H58ClN7O9S/c1-32(55-19-17-54(18-20-55)30-37-9-13-49(2,3)28-43(37)35-5-7-38(50)8-6-35)21-39(66-40-24-36-10-14-51-47(36)52-29-40)25-46(58)53-67(62,63)41-26-44(57(60)61)42-23-34(31-65-45(42)27-41)22-33-11-15-56(16-12-33)48(59)64-4/h5-8,10,14,21,24,26-27,29,33-34H,1,9,11-13,15-20,22-23,25,28,30-31H2,2-4H3,(H,51,52)(H,53,58)/b39-21+/t34-/m1/s1. The van der Waals surface area contributed by atoms with Crippen molar-refractivity contribution in [1.82, 2.24) is 29.4 Å². The van der Waals surface area contributed by atoms with Gasteiger partial charge in [-0.15, -0.1) is 0 Å². The molecule has 0 unspecified atom stereocenters. The van der Waals surface area contributed by atoms with E-state index >= 15 is 0 Å². The fourth-order valence-electron chi connectivity index (χ4n) is 9.77. The minimum atomic E-state index is -4.61. The fraction of sp³-hybridized carbons (Fsp3) is 0.449. The topological polar surface area (TPSA) is 190 Å². The van der Waals surface area contributed by atoms with Gasteiger partial charge in [0.1, 0.15) is 22.9 Å². The molecule has 1 aliphatic carbocycles. The van der Waals surface area contributed by atoms with Crippen molar-refractivity contribution in [3.8, 4) is 11.5 Å². The number of fused-ring (bicyclic) bond motifs is 2. The van der Waals surface area contributed by atoms with Crippen LogP contribution < -0.4 is 14.2 Å². The molecule has 2 aromatic carbocycles. The van der Waals surface area contributed by atoms with E-state index in [0.29, 0.717) is 61.2 Å². The van der Waals surface area contributed by atoms with Crippen LogP contribution >= 0.6 is 11.6 Å². The smallest absolute Gasteiger partial charge is 0.409 e. The fourth-order valence-corrected chi connectivity index (χ4v) is 10.9. The van der Waals surface area contributed by atoms with Crippen LogP contribution in [0.15, 0.2) is 95.5 Å². The van der Waals surface area contributed by atoms with Gasteiger partial charge in [-0.2, -0.15) is 0 Å². The van der Waals surface area contributed by atoms with Gasteiger partial charge in [0.25, 0.3) is 15.7 Å². The Balaban J connectivity index is 0.940. The number of H-pyrrole nitrogens is 1. The second-order valence-corrected chi connectivity index (χ2v) is 21.0. The zero-order valence-corrected chi connectivity index (χ0v) is 39.8. The Morgan fingerprint density at radius 1 is 1.06 bits per heavy atom. The van der Waals surface area contributed by atoms with Crippen LogP contribution in [0, 0.1) is 27.4 Å². The van der Waals surface area contributed by atoms with Crippen molar-refractivity contribution < 1.29 is 37.1 Å². The molecule has 0 saturated carbocycles. The molecule has 0 bridgehead atoms. The Labute approximate surface area is 396 Å². The number of aromatic amines is 1. The van der Waals surface area contributed by atoms with Crippen molar-refractivity contribution in [3.05, 3.63) is 117 Å². The van der Waals surface area contributed by atoms with Crippen molar-refractivity contribution >= 4 is 55.9 Å². The lowest BCUT2D eigenvalue weighted by Gasteiger charge is -2.39. The number of carbonyl (C=O) groups is 2. The molecule has 3 aliphatic heterocycles. The van der Waals surface area contributed by atoms with Crippen molar-refractivity contribution in [2.24, 2.45) is 17.3 Å². The molecule has 2 N–H and O–H groups in total. The highest BCUT2D eigenvalue weighted by atomic mass is 35.5. The van der Waals surface area contributed by atoms with Gasteiger partial charge in [-0.3, -0.25) is 19.8 Å². The van der Waals surface area contributed by atoms with Gasteiger partial charge in [-0.1, -0.05) is 49.7 Å². The van der Waals surface area contributed by atoms with Crippen molar-refractivity contribution in [1.29, 1.82) is 0 Å². The molecule has 16 nitrogen and oxygen atoms in total. The number of benzene rings is 2. The number of pyridine rings is 1. The number of hydrogen-bond donors (Lipinski definition) is 2. The summed E-state index contributed by atoms with van der Waals surface area (Å²) in [4.78, 5) is 50.6. The lowest BCUT2D eigenvalue weighted by molar-refractivity contribution is -0.386. The number of hydrogen-bond acceptors (Lipinski definition) is 12. The number of methoxy groups -OCH3 is 1.